The maximum atomic E-state index is 12.4. The van der Waals surface area contributed by atoms with E-state index in [-0.39, 0.29) is 12.1 Å². The van der Waals surface area contributed by atoms with Crippen molar-refractivity contribution < 1.29 is 9.53 Å². The Bertz CT molecular complexity index is 474. The van der Waals surface area contributed by atoms with Gasteiger partial charge in [0.2, 0.25) is 0 Å². The van der Waals surface area contributed by atoms with E-state index >= 15 is 0 Å². The molecule has 0 heterocycles. The molecule has 0 radical (unpaired) electrons. The lowest BCUT2D eigenvalue weighted by Crippen LogP contribution is -2.39. The summed E-state index contributed by atoms with van der Waals surface area (Å²) < 4.78 is 6.59. The van der Waals surface area contributed by atoms with Crippen LogP contribution in [-0.2, 0) is 4.74 Å². The number of ether oxygens (including phenoxy) is 1. The van der Waals surface area contributed by atoms with Crippen LogP contribution in [0.3, 0.4) is 0 Å². The summed E-state index contributed by atoms with van der Waals surface area (Å²) in [5, 5.41) is 0. The molecule has 20 heavy (non-hydrogen) atoms. The zero-order chi connectivity index (χ0) is 14.9. The fraction of sp³-hybridized carbons (Fsp3) is 0.562. The number of hydrogen-bond donors (Lipinski definition) is 0. The third-order valence-electron chi connectivity index (χ3n) is 3.31. The molecule has 4 heteroatoms. The molecule has 0 aromatic heterocycles. The first-order valence-corrected chi connectivity index (χ1v) is 7.84. The van der Waals surface area contributed by atoms with Crippen molar-refractivity contribution in [2.75, 3.05) is 0 Å². The topological polar surface area (TPSA) is 29.5 Å². The molecule has 1 aromatic carbocycles. The predicted molar refractivity (Wildman–Crippen MR) is 83.7 cm³/mol. The molecule has 0 unspecified atom stereocenters. The number of carbonyl (C=O) groups is 1. The first-order chi connectivity index (χ1) is 9.28. The van der Waals surface area contributed by atoms with Crippen LogP contribution in [0.5, 0.6) is 0 Å². The first-order valence-electron chi connectivity index (χ1n) is 7.05. The Morgan fingerprint density at radius 2 is 1.85 bits per heavy atom. The molecule has 0 saturated heterocycles. The van der Waals surface area contributed by atoms with Crippen molar-refractivity contribution in [3.63, 3.8) is 0 Å². The van der Waals surface area contributed by atoms with Gasteiger partial charge in [0.05, 0.1) is 6.04 Å². The van der Waals surface area contributed by atoms with Gasteiger partial charge in [-0.05, 0) is 58.2 Å². The molecule has 1 fully saturated rings. The number of nitrogens with zero attached hydrogens (tertiary/aromatic N) is 1. The van der Waals surface area contributed by atoms with Gasteiger partial charge in [-0.2, -0.15) is 0 Å². The molecular formula is C16H22BrNO2. The number of amides is 1. The Labute approximate surface area is 129 Å². The van der Waals surface area contributed by atoms with Crippen molar-refractivity contribution >= 4 is 22.0 Å². The number of carbonyl (C=O) groups excluding carboxylic acids is 1. The number of rotatable bonds is 3. The van der Waals surface area contributed by atoms with Gasteiger partial charge < -0.3 is 4.74 Å². The second-order valence-corrected chi connectivity index (χ2v) is 7.26. The highest BCUT2D eigenvalue weighted by Gasteiger charge is 2.38. The number of hydrogen-bond acceptors (Lipinski definition) is 2. The minimum Gasteiger partial charge on any atom is -0.444 e. The van der Waals surface area contributed by atoms with E-state index < -0.39 is 5.60 Å². The summed E-state index contributed by atoms with van der Waals surface area (Å²) in [6.07, 6.45) is 1.93. The van der Waals surface area contributed by atoms with Crippen molar-refractivity contribution in [2.24, 2.45) is 0 Å². The summed E-state index contributed by atoms with van der Waals surface area (Å²) in [7, 11) is 0. The summed E-state index contributed by atoms with van der Waals surface area (Å²) in [4.78, 5) is 14.3. The van der Waals surface area contributed by atoms with Gasteiger partial charge in [-0.25, -0.2) is 4.79 Å². The van der Waals surface area contributed by atoms with E-state index in [1.807, 2.05) is 37.8 Å². The van der Waals surface area contributed by atoms with Gasteiger partial charge in [-0.1, -0.05) is 28.1 Å². The number of halogens is 1. The second-order valence-electron chi connectivity index (χ2n) is 6.35. The predicted octanol–water partition coefficient (Wildman–Crippen LogP) is 4.91. The van der Waals surface area contributed by atoms with Crippen LogP contribution in [0, 0.1) is 0 Å². The van der Waals surface area contributed by atoms with E-state index in [1.54, 1.807) is 0 Å². The zero-order valence-corrected chi connectivity index (χ0v) is 14.1. The van der Waals surface area contributed by atoms with Crippen molar-refractivity contribution in [1.82, 2.24) is 4.90 Å². The summed E-state index contributed by atoms with van der Waals surface area (Å²) in [6.45, 7) is 7.77. The van der Waals surface area contributed by atoms with Gasteiger partial charge in [0.15, 0.2) is 0 Å². The fourth-order valence-electron chi connectivity index (χ4n) is 2.19. The Kier molecular flexibility index (Phi) is 4.43. The molecule has 1 aliphatic rings. The number of benzene rings is 1. The van der Waals surface area contributed by atoms with Gasteiger partial charge in [0, 0.05) is 10.5 Å². The monoisotopic (exact) mass is 339 g/mol. The molecule has 110 valence electrons. The SMILES string of the molecule is C[C@H](c1ccc(Br)cc1)N(C(=O)OC(C)(C)C)C1CC1. The highest BCUT2D eigenvalue weighted by Crippen LogP contribution is 2.35. The highest BCUT2D eigenvalue weighted by atomic mass is 79.9. The molecule has 0 spiro atoms. The summed E-state index contributed by atoms with van der Waals surface area (Å²) in [5.74, 6) is 0. The van der Waals surface area contributed by atoms with E-state index in [4.69, 9.17) is 4.74 Å². The van der Waals surface area contributed by atoms with Gasteiger partial charge in [-0.15, -0.1) is 0 Å². The molecule has 3 nitrogen and oxygen atoms in total. The third kappa shape index (κ3) is 3.98. The molecule has 1 aromatic rings. The van der Waals surface area contributed by atoms with Gasteiger partial charge >= 0.3 is 6.09 Å². The summed E-state index contributed by atoms with van der Waals surface area (Å²) in [6, 6.07) is 8.47. The Morgan fingerprint density at radius 3 is 2.30 bits per heavy atom. The van der Waals surface area contributed by atoms with Crippen molar-refractivity contribution in [1.29, 1.82) is 0 Å². The van der Waals surface area contributed by atoms with E-state index in [1.165, 1.54) is 0 Å². The van der Waals surface area contributed by atoms with E-state index in [0.717, 1.165) is 22.9 Å². The van der Waals surface area contributed by atoms with Crippen LogP contribution in [0.25, 0.3) is 0 Å². The maximum Gasteiger partial charge on any atom is 0.411 e. The van der Waals surface area contributed by atoms with Crippen LogP contribution in [0.4, 0.5) is 4.79 Å². The Hall–Kier alpha value is -1.03. The average molecular weight is 340 g/mol. The van der Waals surface area contributed by atoms with Crippen LogP contribution in [0.15, 0.2) is 28.7 Å². The molecule has 1 atom stereocenters. The molecule has 0 N–H and O–H groups in total. The normalized spacial score (nSPS) is 16.6. The molecular weight excluding hydrogens is 318 g/mol. The third-order valence-corrected chi connectivity index (χ3v) is 3.84. The van der Waals surface area contributed by atoms with Crippen LogP contribution >= 0.6 is 15.9 Å². The first kappa shape index (κ1) is 15.4. The van der Waals surface area contributed by atoms with Crippen LogP contribution in [0.1, 0.15) is 52.1 Å². The van der Waals surface area contributed by atoms with Crippen molar-refractivity contribution in [3.8, 4) is 0 Å². The lowest BCUT2D eigenvalue weighted by molar-refractivity contribution is 0.0153. The maximum absolute atomic E-state index is 12.4. The lowest BCUT2D eigenvalue weighted by Gasteiger charge is -2.32. The fourth-order valence-corrected chi connectivity index (χ4v) is 2.46. The average Bonchev–Trinajstić information content (AvgIpc) is 3.12. The standard InChI is InChI=1S/C16H22BrNO2/c1-11(12-5-7-13(17)8-6-12)18(14-9-10-14)15(19)20-16(2,3)4/h5-8,11,14H,9-10H2,1-4H3/t11-/m1/s1. The minimum absolute atomic E-state index is 0.0328. The molecule has 1 saturated carbocycles. The molecule has 1 amide bonds. The second kappa shape index (κ2) is 5.76. The van der Waals surface area contributed by atoms with Crippen molar-refractivity contribution in [2.45, 2.75) is 58.2 Å². The zero-order valence-electron chi connectivity index (χ0n) is 12.5. The summed E-state index contributed by atoms with van der Waals surface area (Å²) >= 11 is 3.44. The van der Waals surface area contributed by atoms with Gasteiger partial charge in [0.25, 0.3) is 0 Å². The smallest absolute Gasteiger partial charge is 0.411 e. The van der Waals surface area contributed by atoms with Gasteiger partial charge in [0.1, 0.15) is 5.60 Å². The largest absolute Gasteiger partial charge is 0.444 e. The van der Waals surface area contributed by atoms with Crippen LogP contribution < -0.4 is 0 Å². The van der Waals surface area contributed by atoms with Gasteiger partial charge in [-0.3, -0.25) is 4.90 Å². The molecule has 0 aliphatic heterocycles. The van der Waals surface area contributed by atoms with Crippen LogP contribution in [0.2, 0.25) is 0 Å². The van der Waals surface area contributed by atoms with E-state index in [2.05, 4.69) is 35.0 Å². The highest BCUT2D eigenvalue weighted by molar-refractivity contribution is 9.10. The van der Waals surface area contributed by atoms with Crippen LogP contribution in [-0.4, -0.2) is 22.6 Å². The minimum atomic E-state index is -0.455. The van der Waals surface area contributed by atoms with Crippen molar-refractivity contribution in [3.05, 3.63) is 34.3 Å². The molecule has 1 aliphatic carbocycles. The quantitative estimate of drug-likeness (QED) is 0.782. The van der Waals surface area contributed by atoms with E-state index in [9.17, 15) is 4.79 Å². The molecule has 2 rings (SSSR count). The Morgan fingerprint density at radius 1 is 1.30 bits per heavy atom. The Balaban J connectivity index is 2.16. The lowest BCUT2D eigenvalue weighted by atomic mass is 10.1. The van der Waals surface area contributed by atoms with E-state index in [0.29, 0.717) is 6.04 Å². The molecule has 0 bridgehead atoms. The summed E-state index contributed by atoms with van der Waals surface area (Å²) in [5.41, 5.74) is 0.676.